The van der Waals surface area contributed by atoms with E-state index in [-0.39, 0.29) is 24.0 Å². The van der Waals surface area contributed by atoms with E-state index in [4.69, 9.17) is 4.74 Å². The molecule has 1 aliphatic heterocycles. The Kier molecular flexibility index (Phi) is 4.38. The molecule has 1 amide bonds. The first-order valence-corrected chi connectivity index (χ1v) is 10.3. The number of benzene rings is 1. The van der Waals surface area contributed by atoms with Gasteiger partial charge in [0.25, 0.3) is 5.91 Å². The van der Waals surface area contributed by atoms with Gasteiger partial charge >= 0.3 is 0 Å². The van der Waals surface area contributed by atoms with Gasteiger partial charge in [0.15, 0.2) is 5.76 Å². The fourth-order valence-corrected chi connectivity index (χ4v) is 4.64. The van der Waals surface area contributed by atoms with Gasteiger partial charge in [0.2, 0.25) is 0 Å². The van der Waals surface area contributed by atoms with Gasteiger partial charge in [-0.3, -0.25) is 4.79 Å². The molecule has 0 bridgehead atoms. The van der Waals surface area contributed by atoms with Crippen molar-refractivity contribution in [2.75, 3.05) is 0 Å². The lowest BCUT2D eigenvalue weighted by atomic mass is 9.91. The van der Waals surface area contributed by atoms with Crippen LogP contribution in [0.2, 0.25) is 0 Å². The van der Waals surface area contributed by atoms with E-state index in [9.17, 15) is 4.79 Å². The number of amides is 1. The average molecular weight is 387 g/mol. The van der Waals surface area contributed by atoms with Crippen molar-refractivity contribution in [2.45, 2.75) is 45.3 Å². The number of carbonyl (C=O) groups excluding carboxylic acids is 1. The maximum Gasteiger partial charge on any atom is 0.286 e. The summed E-state index contributed by atoms with van der Waals surface area (Å²) in [5, 5.41) is 7.87. The second kappa shape index (κ2) is 7.07. The Morgan fingerprint density at radius 3 is 2.86 bits per heavy atom. The number of aromatic nitrogens is 2. The zero-order chi connectivity index (χ0) is 20.0. The topological polar surface area (TPSA) is 56.2 Å². The van der Waals surface area contributed by atoms with E-state index >= 15 is 0 Å². The summed E-state index contributed by atoms with van der Waals surface area (Å²) in [5.74, 6) is 0.501. The monoisotopic (exact) mass is 387 g/mol. The molecule has 0 spiro atoms. The number of allylic oxidation sites excluding steroid dienone is 2. The van der Waals surface area contributed by atoms with E-state index in [1.165, 1.54) is 11.3 Å². The zero-order valence-electron chi connectivity index (χ0n) is 16.8. The third-order valence-electron chi connectivity index (χ3n) is 6.23. The molecule has 3 atom stereocenters. The molecule has 2 aromatic rings. The molecule has 1 aromatic heterocycles. The highest BCUT2D eigenvalue weighted by atomic mass is 16.5. The van der Waals surface area contributed by atoms with Crippen LogP contribution in [0.1, 0.15) is 42.6 Å². The van der Waals surface area contributed by atoms with Crippen molar-refractivity contribution in [1.29, 1.82) is 0 Å². The minimum absolute atomic E-state index is 0.0402. The fourth-order valence-electron chi connectivity index (χ4n) is 4.64. The van der Waals surface area contributed by atoms with E-state index in [1.807, 2.05) is 48.2 Å². The Morgan fingerprint density at radius 1 is 1.21 bits per heavy atom. The number of fused-ring (bicyclic) bond motifs is 2. The SMILES string of the molecule is CC1=C(C(=O)N[C@@H]2CCCc3c2cnn3-c2ccccc2C)OC2C=CC=CC12. The van der Waals surface area contributed by atoms with Crippen molar-refractivity contribution in [3.05, 3.63) is 82.9 Å². The molecular weight excluding hydrogens is 362 g/mol. The predicted octanol–water partition coefficient (Wildman–Crippen LogP) is 4.09. The van der Waals surface area contributed by atoms with Crippen molar-refractivity contribution < 1.29 is 9.53 Å². The molecule has 0 fully saturated rings. The molecule has 29 heavy (non-hydrogen) atoms. The lowest BCUT2D eigenvalue weighted by molar-refractivity contribution is -0.121. The van der Waals surface area contributed by atoms with Crippen molar-refractivity contribution in [3.63, 3.8) is 0 Å². The van der Waals surface area contributed by atoms with Crippen LogP contribution in [-0.2, 0) is 16.0 Å². The summed E-state index contributed by atoms with van der Waals surface area (Å²) in [6, 6.07) is 8.22. The number of carbonyl (C=O) groups is 1. The van der Waals surface area contributed by atoms with Gasteiger partial charge < -0.3 is 10.1 Å². The molecule has 3 aliphatic rings. The Bertz CT molecular complexity index is 1060. The van der Waals surface area contributed by atoms with Crippen LogP contribution < -0.4 is 5.32 Å². The molecule has 1 N–H and O–H groups in total. The maximum atomic E-state index is 13.0. The van der Waals surface area contributed by atoms with Crippen molar-refractivity contribution in [2.24, 2.45) is 5.92 Å². The van der Waals surface area contributed by atoms with Gasteiger partial charge in [0.05, 0.1) is 17.9 Å². The Hall–Kier alpha value is -3.08. The standard InChI is InChI=1S/C24H25N3O2/c1-15-8-3-5-11-20(15)27-21-12-7-10-19(18(21)14-25-27)26-24(28)23-16(2)17-9-4-6-13-22(17)29-23/h3-6,8-9,11,13-14,17,19,22H,7,10,12H2,1-2H3,(H,26,28)/t17?,19-,22?/m1/s1. The van der Waals surface area contributed by atoms with Crippen LogP contribution in [0, 0.1) is 12.8 Å². The third kappa shape index (κ3) is 3.01. The Morgan fingerprint density at radius 2 is 2.03 bits per heavy atom. The average Bonchev–Trinajstić information content (AvgIpc) is 3.31. The van der Waals surface area contributed by atoms with Crippen molar-refractivity contribution in [3.8, 4) is 5.69 Å². The van der Waals surface area contributed by atoms with Crippen molar-refractivity contribution in [1.82, 2.24) is 15.1 Å². The van der Waals surface area contributed by atoms with E-state index < -0.39 is 0 Å². The molecule has 0 saturated carbocycles. The maximum absolute atomic E-state index is 13.0. The minimum atomic E-state index is -0.125. The highest BCUT2D eigenvalue weighted by Crippen LogP contribution is 2.36. The van der Waals surface area contributed by atoms with Crippen LogP contribution in [0.25, 0.3) is 5.69 Å². The summed E-state index contributed by atoms with van der Waals surface area (Å²) >= 11 is 0. The molecule has 148 valence electrons. The van der Waals surface area contributed by atoms with Gasteiger partial charge in [-0.1, -0.05) is 36.4 Å². The van der Waals surface area contributed by atoms with Crippen LogP contribution >= 0.6 is 0 Å². The van der Waals surface area contributed by atoms with Crippen LogP contribution in [-0.4, -0.2) is 21.8 Å². The van der Waals surface area contributed by atoms with Crippen LogP contribution in [0.15, 0.2) is 66.1 Å². The second-order valence-corrected chi connectivity index (χ2v) is 8.05. The van der Waals surface area contributed by atoms with Gasteiger partial charge in [0.1, 0.15) is 6.10 Å². The highest BCUT2D eigenvalue weighted by molar-refractivity contribution is 5.93. The summed E-state index contributed by atoms with van der Waals surface area (Å²) in [4.78, 5) is 13.0. The third-order valence-corrected chi connectivity index (χ3v) is 6.23. The summed E-state index contributed by atoms with van der Waals surface area (Å²) in [7, 11) is 0. The molecule has 5 rings (SSSR count). The number of hydrogen-bond donors (Lipinski definition) is 1. The highest BCUT2D eigenvalue weighted by Gasteiger charge is 2.36. The van der Waals surface area contributed by atoms with E-state index in [0.717, 1.165) is 36.1 Å². The summed E-state index contributed by atoms with van der Waals surface area (Å²) < 4.78 is 8.00. The summed E-state index contributed by atoms with van der Waals surface area (Å²) in [5.41, 5.74) is 5.59. The lowest BCUT2D eigenvalue weighted by Gasteiger charge is -2.25. The zero-order valence-corrected chi connectivity index (χ0v) is 16.8. The number of aryl methyl sites for hydroxylation is 1. The van der Waals surface area contributed by atoms with E-state index in [1.54, 1.807) is 0 Å². The number of hydrogen-bond acceptors (Lipinski definition) is 3. The van der Waals surface area contributed by atoms with Gasteiger partial charge in [-0.05, 0) is 56.4 Å². The van der Waals surface area contributed by atoms with Crippen molar-refractivity contribution >= 4 is 5.91 Å². The number of para-hydroxylation sites is 1. The van der Waals surface area contributed by atoms with Crippen LogP contribution in [0.3, 0.4) is 0 Å². The van der Waals surface area contributed by atoms with E-state index in [0.29, 0.717) is 5.76 Å². The Balaban J connectivity index is 1.40. The quantitative estimate of drug-likeness (QED) is 0.863. The molecule has 2 aliphatic carbocycles. The van der Waals surface area contributed by atoms with Crippen LogP contribution in [0.5, 0.6) is 0 Å². The molecule has 2 heterocycles. The second-order valence-electron chi connectivity index (χ2n) is 8.05. The van der Waals surface area contributed by atoms with Gasteiger partial charge in [-0.25, -0.2) is 4.68 Å². The molecule has 5 nitrogen and oxygen atoms in total. The van der Waals surface area contributed by atoms with E-state index in [2.05, 4.69) is 35.5 Å². The molecule has 5 heteroatoms. The number of rotatable bonds is 3. The largest absolute Gasteiger partial charge is 0.480 e. The molecule has 0 saturated heterocycles. The normalized spacial score (nSPS) is 24.8. The molecule has 0 radical (unpaired) electrons. The number of ether oxygens (including phenoxy) is 1. The first-order valence-electron chi connectivity index (χ1n) is 10.3. The summed E-state index contributed by atoms with van der Waals surface area (Å²) in [6.45, 7) is 4.09. The number of nitrogens with zero attached hydrogens (tertiary/aromatic N) is 2. The summed E-state index contributed by atoms with van der Waals surface area (Å²) in [6.07, 6.45) is 12.9. The van der Waals surface area contributed by atoms with Gasteiger partial charge in [-0.2, -0.15) is 5.10 Å². The molecular formula is C24H25N3O2. The fraction of sp³-hybridized carbons (Fsp3) is 0.333. The van der Waals surface area contributed by atoms with Gasteiger partial charge in [-0.15, -0.1) is 0 Å². The predicted molar refractivity (Wildman–Crippen MR) is 111 cm³/mol. The number of nitrogens with one attached hydrogen (secondary N) is 1. The van der Waals surface area contributed by atoms with Crippen LogP contribution in [0.4, 0.5) is 0 Å². The van der Waals surface area contributed by atoms with Gasteiger partial charge in [0, 0.05) is 17.2 Å². The first kappa shape index (κ1) is 18.0. The smallest absolute Gasteiger partial charge is 0.286 e. The molecule has 2 unspecified atom stereocenters. The first-order chi connectivity index (χ1) is 14.1. The Labute approximate surface area is 170 Å². The minimum Gasteiger partial charge on any atom is -0.480 e. The molecule has 1 aromatic carbocycles. The lowest BCUT2D eigenvalue weighted by Crippen LogP contribution is -2.32.